The highest BCUT2D eigenvalue weighted by Gasteiger charge is 2.23. The Labute approximate surface area is 117 Å². The molecule has 0 aliphatic carbocycles. The van der Waals surface area contributed by atoms with Crippen molar-refractivity contribution in [3.8, 4) is 0 Å². The predicted octanol–water partition coefficient (Wildman–Crippen LogP) is 2.04. The van der Waals surface area contributed by atoms with Crippen molar-refractivity contribution in [1.29, 1.82) is 0 Å². The number of carbonyl (C=O) groups is 1. The molecule has 0 aromatic rings. The highest BCUT2D eigenvalue weighted by atomic mass is 16.5. The maximum absolute atomic E-state index is 11.7. The SMILES string of the molecule is CC(C)NC(=O)CN1CC[C@H](CCCOC(C)C)C1. The average Bonchev–Trinajstić information content (AvgIpc) is 2.70. The van der Waals surface area contributed by atoms with Crippen molar-refractivity contribution in [2.75, 3.05) is 26.2 Å². The Morgan fingerprint density at radius 1 is 1.37 bits per heavy atom. The van der Waals surface area contributed by atoms with Crippen LogP contribution in [0.15, 0.2) is 0 Å². The summed E-state index contributed by atoms with van der Waals surface area (Å²) in [6.45, 7) is 11.7. The molecule has 1 atom stereocenters. The van der Waals surface area contributed by atoms with Gasteiger partial charge in [-0.1, -0.05) is 0 Å². The summed E-state index contributed by atoms with van der Waals surface area (Å²) in [6, 6.07) is 0.235. The summed E-state index contributed by atoms with van der Waals surface area (Å²) in [5, 5.41) is 2.95. The number of hydrogen-bond donors (Lipinski definition) is 1. The van der Waals surface area contributed by atoms with Gasteiger partial charge in [0.05, 0.1) is 12.6 Å². The molecular formula is C15H30N2O2. The molecule has 1 heterocycles. The normalized spacial score (nSPS) is 20.4. The van der Waals surface area contributed by atoms with Crippen LogP contribution in [-0.2, 0) is 9.53 Å². The van der Waals surface area contributed by atoms with Gasteiger partial charge >= 0.3 is 0 Å². The van der Waals surface area contributed by atoms with Gasteiger partial charge in [-0.2, -0.15) is 0 Å². The lowest BCUT2D eigenvalue weighted by Crippen LogP contribution is -2.39. The average molecular weight is 270 g/mol. The van der Waals surface area contributed by atoms with Crippen molar-refractivity contribution in [3.63, 3.8) is 0 Å². The van der Waals surface area contributed by atoms with E-state index < -0.39 is 0 Å². The number of likely N-dealkylation sites (tertiary alicyclic amines) is 1. The van der Waals surface area contributed by atoms with Crippen molar-refractivity contribution >= 4 is 5.91 Å². The number of hydrogen-bond acceptors (Lipinski definition) is 3. The zero-order valence-electron chi connectivity index (χ0n) is 12.9. The summed E-state index contributed by atoms with van der Waals surface area (Å²) < 4.78 is 5.56. The Bertz CT molecular complexity index is 267. The highest BCUT2D eigenvalue weighted by molar-refractivity contribution is 5.78. The van der Waals surface area contributed by atoms with Crippen LogP contribution in [-0.4, -0.2) is 49.2 Å². The zero-order chi connectivity index (χ0) is 14.3. The van der Waals surface area contributed by atoms with E-state index in [0.29, 0.717) is 12.6 Å². The van der Waals surface area contributed by atoms with Crippen LogP contribution < -0.4 is 5.32 Å². The topological polar surface area (TPSA) is 41.6 Å². The van der Waals surface area contributed by atoms with Crippen LogP contribution in [0, 0.1) is 5.92 Å². The van der Waals surface area contributed by atoms with Gasteiger partial charge in [0, 0.05) is 19.2 Å². The first-order chi connectivity index (χ1) is 8.97. The van der Waals surface area contributed by atoms with Crippen LogP contribution in [0.3, 0.4) is 0 Å². The van der Waals surface area contributed by atoms with Crippen molar-refractivity contribution in [2.45, 2.75) is 59.1 Å². The standard InChI is InChI=1S/C15H30N2O2/c1-12(2)16-15(18)11-17-8-7-14(10-17)6-5-9-19-13(3)4/h12-14H,5-11H2,1-4H3,(H,16,18)/t14-/m0/s1. The number of nitrogens with zero attached hydrogens (tertiary/aromatic N) is 1. The number of amides is 1. The first-order valence-electron chi connectivity index (χ1n) is 7.60. The molecule has 1 aliphatic heterocycles. The maximum Gasteiger partial charge on any atom is 0.234 e. The minimum absolute atomic E-state index is 0.152. The van der Waals surface area contributed by atoms with Gasteiger partial charge < -0.3 is 10.1 Å². The Morgan fingerprint density at radius 3 is 2.74 bits per heavy atom. The zero-order valence-corrected chi connectivity index (χ0v) is 12.9. The Morgan fingerprint density at radius 2 is 2.11 bits per heavy atom. The minimum atomic E-state index is 0.152. The summed E-state index contributed by atoms with van der Waals surface area (Å²) in [5.74, 6) is 0.890. The fourth-order valence-corrected chi connectivity index (χ4v) is 2.55. The van der Waals surface area contributed by atoms with Gasteiger partial charge in [-0.25, -0.2) is 0 Å². The molecule has 1 rings (SSSR count). The molecule has 1 aliphatic rings. The monoisotopic (exact) mass is 270 g/mol. The third kappa shape index (κ3) is 7.53. The quantitative estimate of drug-likeness (QED) is 0.686. The summed E-state index contributed by atoms with van der Waals surface area (Å²) in [5.41, 5.74) is 0. The van der Waals surface area contributed by atoms with Gasteiger partial charge in [0.1, 0.15) is 0 Å². The Hall–Kier alpha value is -0.610. The van der Waals surface area contributed by atoms with E-state index >= 15 is 0 Å². The van der Waals surface area contributed by atoms with E-state index in [2.05, 4.69) is 24.1 Å². The molecule has 1 fully saturated rings. The van der Waals surface area contributed by atoms with Crippen LogP contribution in [0.25, 0.3) is 0 Å². The third-order valence-electron chi connectivity index (χ3n) is 3.39. The molecule has 1 amide bonds. The fraction of sp³-hybridized carbons (Fsp3) is 0.933. The van der Waals surface area contributed by atoms with Gasteiger partial charge in [-0.15, -0.1) is 0 Å². The lowest BCUT2D eigenvalue weighted by Gasteiger charge is -2.17. The number of rotatable bonds is 8. The molecule has 0 aromatic heterocycles. The van der Waals surface area contributed by atoms with Gasteiger partial charge in [0.15, 0.2) is 0 Å². The first kappa shape index (κ1) is 16.4. The van der Waals surface area contributed by atoms with Crippen molar-refractivity contribution < 1.29 is 9.53 Å². The molecule has 0 radical (unpaired) electrons. The van der Waals surface area contributed by atoms with Gasteiger partial charge in [-0.3, -0.25) is 9.69 Å². The van der Waals surface area contributed by atoms with E-state index in [-0.39, 0.29) is 11.9 Å². The molecule has 112 valence electrons. The summed E-state index contributed by atoms with van der Waals surface area (Å²) in [7, 11) is 0. The van der Waals surface area contributed by atoms with Crippen molar-refractivity contribution in [2.24, 2.45) is 5.92 Å². The van der Waals surface area contributed by atoms with Crippen LogP contribution in [0.1, 0.15) is 47.0 Å². The molecule has 0 saturated carbocycles. The smallest absolute Gasteiger partial charge is 0.234 e. The number of nitrogens with one attached hydrogen (secondary N) is 1. The van der Waals surface area contributed by atoms with E-state index in [1.54, 1.807) is 0 Å². The number of carbonyl (C=O) groups excluding carboxylic acids is 1. The molecule has 4 nitrogen and oxygen atoms in total. The molecule has 1 N–H and O–H groups in total. The summed E-state index contributed by atoms with van der Waals surface area (Å²) >= 11 is 0. The van der Waals surface area contributed by atoms with E-state index in [4.69, 9.17) is 4.74 Å². The summed E-state index contributed by atoms with van der Waals surface area (Å²) in [6.07, 6.45) is 3.90. The van der Waals surface area contributed by atoms with E-state index in [1.165, 1.54) is 12.8 Å². The maximum atomic E-state index is 11.7. The molecule has 0 unspecified atom stereocenters. The third-order valence-corrected chi connectivity index (χ3v) is 3.39. The predicted molar refractivity (Wildman–Crippen MR) is 78.1 cm³/mol. The second-order valence-electron chi connectivity index (χ2n) is 6.17. The van der Waals surface area contributed by atoms with Crippen molar-refractivity contribution in [3.05, 3.63) is 0 Å². The summed E-state index contributed by atoms with van der Waals surface area (Å²) in [4.78, 5) is 13.9. The van der Waals surface area contributed by atoms with E-state index in [1.807, 2.05) is 13.8 Å². The molecule has 1 saturated heterocycles. The van der Waals surface area contributed by atoms with Gasteiger partial charge in [0.25, 0.3) is 0 Å². The Kier molecular flexibility index (Phi) is 7.39. The van der Waals surface area contributed by atoms with Gasteiger partial charge in [-0.05, 0) is 59.4 Å². The van der Waals surface area contributed by atoms with E-state index in [0.717, 1.165) is 32.0 Å². The lowest BCUT2D eigenvalue weighted by molar-refractivity contribution is -0.122. The Balaban J connectivity index is 2.10. The largest absolute Gasteiger partial charge is 0.379 e. The van der Waals surface area contributed by atoms with Crippen LogP contribution in [0.4, 0.5) is 0 Å². The van der Waals surface area contributed by atoms with Crippen LogP contribution in [0.2, 0.25) is 0 Å². The second-order valence-corrected chi connectivity index (χ2v) is 6.17. The fourth-order valence-electron chi connectivity index (χ4n) is 2.55. The van der Waals surface area contributed by atoms with Crippen LogP contribution >= 0.6 is 0 Å². The molecule has 0 bridgehead atoms. The van der Waals surface area contributed by atoms with Crippen molar-refractivity contribution in [1.82, 2.24) is 10.2 Å². The molecule has 4 heteroatoms. The molecule has 0 aromatic carbocycles. The minimum Gasteiger partial charge on any atom is -0.379 e. The number of ether oxygens (including phenoxy) is 1. The van der Waals surface area contributed by atoms with Gasteiger partial charge in [0.2, 0.25) is 5.91 Å². The lowest BCUT2D eigenvalue weighted by atomic mass is 10.0. The molecule has 0 spiro atoms. The first-order valence-corrected chi connectivity index (χ1v) is 7.60. The molecule has 19 heavy (non-hydrogen) atoms. The van der Waals surface area contributed by atoms with E-state index in [9.17, 15) is 4.79 Å². The second kappa shape index (κ2) is 8.54. The molecular weight excluding hydrogens is 240 g/mol. The highest BCUT2D eigenvalue weighted by Crippen LogP contribution is 2.20. The van der Waals surface area contributed by atoms with Crippen LogP contribution in [0.5, 0.6) is 0 Å².